The molecule has 0 aromatic heterocycles. The molecule has 133 valence electrons. The van der Waals surface area contributed by atoms with Crippen molar-refractivity contribution in [2.45, 2.75) is 123 Å². The van der Waals surface area contributed by atoms with E-state index in [-0.39, 0.29) is 0 Å². The molecule has 0 unspecified atom stereocenters. The molecular weight excluding hydrogens is 284 g/mol. The molecule has 0 bridgehead atoms. The van der Waals surface area contributed by atoms with Crippen LogP contribution in [0, 0.1) is 5.75 Å². The van der Waals surface area contributed by atoms with Gasteiger partial charge in [0, 0.05) is 5.75 Å². The van der Waals surface area contributed by atoms with Gasteiger partial charge >= 0.3 is 0 Å². The smallest absolute Gasteiger partial charge is 0.0166 e. The molecule has 0 amide bonds. The molecule has 0 aliphatic rings. The van der Waals surface area contributed by atoms with Crippen molar-refractivity contribution in [2.24, 2.45) is 0 Å². The Bertz CT molecular complexity index is 159. The first-order valence-electron chi connectivity index (χ1n) is 10.3. The average molecular weight is 328 g/mol. The fraction of sp³-hybridized carbons (Fsp3) is 0.952. The third-order valence-electron chi connectivity index (χ3n) is 4.41. The van der Waals surface area contributed by atoms with Crippen LogP contribution in [0.2, 0.25) is 0 Å². The van der Waals surface area contributed by atoms with Crippen molar-refractivity contribution in [1.82, 2.24) is 0 Å². The average Bonchev–Trinajstić information content (AvgIpc) is 2.54. The molecule has 0 saturated carbocycles. The van der Waals surface area contributed by atoms with E-state index in [1.54, 1.807) is 0 Å². The third kappa shape index (κ3) is 20.3. The molecule has 0 saturated heterocycles. The lowest BCUT2D eigenvalue weighted by Crippen LogP contribution is -1.84. The summed E-state index contributed by atoms with van der Waals surface area (Å²) in [5, 5.41) is 0. The van der Waals surface area contributed by atoms with Crippen molar-refractivity contribution in [3.8, 4) is 0 Å². The summed E-state index contributed by atoms with van der Waals surface area (Å²) in [7, 11) is 0. The van der Waals surface area contributed by atoms with Gasteiger partial charge in [-0.3, -0.25) is 0 Å². The molecule has 0 aromatic rings. The molecule has 0 fully saturated rings. The van der Waals surface area contributed by atoms with Crippen LogP contribution in [-0.2, 0) is 0 Å². The van der Waals surface area contributed by atoms with Gasteiger partial charge in [0.25, 0.3) is 0 Å². The molecule has 0 aromatic carbocycles. The van der Waals surface area contributed by atoms with Gasteiger partial charge in [-0.15, -0.1) is 0 Å². The van der Waals surface area contributed by atoms with Crippen molar-refractivity contribution in [2.75, 3.05) is 5.75 Å². The van der Waals surface area contributed by atoms with Crippen LogP contribution in [0.1, 0.15) is 123 Å². The predicted octanol–water partition coefficient (Wildman–Crippen LogP) is 8.55. The van der Waals surface area contributed by atoms with Gasteiger partial charge in [-0.1, -0.05) is 110 Å². The summed E-state index contributed by atoms with van der Waals surface area (Å²) in [6.07, 6.45) is 24.3. The number of thioether (sulfide) groups is 1. The van der Waals surface area contributed by atoms with Gasteiger partial charge < -0.3 is 0 Å². The van der Waals surface area contributed by atoms with Crippen LogP contribution < -0.4 is 0 Å². The van der Waals surface area contributed by atoms with E-state index >= 15 is 0 Å². The molecule has 1 heteroatoms. The Morgan fingerprint density at radius 3 is 1.41 bits per heavy atom. The maximum atomic E-state index is 2.47. The second kappa shape index (κ2) is 21.4. The van der Waals surface area contributed by atoms with E-state index in [1.807, 2.05) is 0 Å². The molecule has 0 atom stereocenters. The van der Waals surface area contributed by atoms with Crippen LogP contribution in [-0.4, -0.2) is 5.75 Å². The molecule has 0 aliphatic heterocycles. The highest BCUT2D eigenvalue weighted by Gasteiger charge is 1.95. The lowest BCUT2D eigenvalue weighted by atomic mass is 10.1. The number of hydrogen-bond acceptors (Lipinski definition) is 1. The highest BCUT2D eigenvalue weighted by Crippen LogP contribution is 2.17. The number of hydrogen-bond donors (Lipinski definition) is 0. The molecule has 0 nitrogen and oxygen atoms in total. The molecule has 0 aliphatic carbocycles. The first-order valence-corrected chi connectivity index (χ1v) is 11.4. The van der Waals surface area contributed by atoms with Gasteiger partial charge in [-0.05, 0) is 18.6 Å². The van der Waals surface area contributed by atoms with Gasteiger partial charge in [-0.25, -0.2) is 0 Å². The summed E-state index contributed by atoms with van der Waals surface area (Å²) in [6.45, 7) is 4.59. The maximum Gasteiger partial charge on any atom is 0.0166 e. The van der Waals surface area contributed by atoms with E-state index < -0.39 is 0 Å². The standard InChI is InChI=1S/C21H43S/c1-3-5-7-9-11-13-15-17-19-21-22-20-18-16-14-12-10-8-6-4-2/h21H,3-20H2,1-2H3. The molecule has 1 radical (unpaired) electrons. The summed E-state index contributed by atoms with van der Waals surface area (Å²) in [6, 6.07) is 0. The minimum absolute atomic E-state index is 1.33. The Labute approximate surface area is 146 Å². The van der Waals surface area contributed by atoms with Crippen LogP contribution in [0.4, 0.5) is 0 Å². The van der Waals surface area contributed by atoms with E-state index in [9.17, 15) is 0 Å². The van der Waals surface area contributed by atoms with Crippen LogP contribution in [0.5, 0.6) is 0 Å². The summed E-state index contributed by atoms with van der Waals surface area (Å²) in [5.74, 6) is 3.82. The fourth-order valence-corrected chi connectivity index (χ4v) is 3.72. The van der Waals surface area contributed by atoms with Crippen molar-refractivity contribution >= 4 is 11.8 Å². The first kappa shape index (κ1) is 22.4. The highest BCUT2D eigenvalue weighted by atomic mass is 32.2. The molecule has 22 heavy (non-hydrogen) atoms. The van der Waals surface area contributed by atoms with E-state index in [0.29, 0.717) is 0 Å². The summed E-state index contributed by atoms with van der Waals surface area (Å²) >= 11 is 2.08. The van der Waals surface area contributed by atoms with Crippen LogP contribution >= 0.6 is 11.8 Å². The Hall–Kier alpha value is 0.350. The maximum absolute atomic E-state index is 2.47. The zero-order chi connectivity index (χ0) is 16.1. The van der Waals surface area contributed by atoms with Gasteiger partial charge in [0.05, 0.1) is 0 Å². The van der Waals surface area contributed by atoms with Crippen molar-refractivity contribution in [3.63, 3.8) is 0 Å². The zero-order valence-corrected chi connectivity index (χ0v) is 16.5. The van der Waals surface area contributed by atoms with E-state index in [1.165, 1.54) is 115 Å². The van der Waals surface area contributed by atoms with E-state index in [0.717, 1.165) is 0 Å². The molecule has 0 heterocycles. The second-order valence-corrected chi connectivity index (χ2v) is 7.85. The minimum Gasteiger partial charge on any atom is -0.157 e. The molecule has 0 rings (SSSR count). The molecule has 0 N–H and O–H groups in total. The highest BCUT2D eigenvalue weighted by molar-refractivity contribution is 8.01. The van der Waals surface area contributed by atoms with Gasteiger partial charge in [0.15, 0.2) is 0 Å². The summed E-state index contributed by atoms with van der Waals surface area (Å²) in [4.78, 5) is 0. The van der Waals surface area contributed by atoms with Gasteiger partial charge in [0.1, 0.15) is 0 Å². The van der Waals surface area contributed by atoms with E-state index in [4.69, 9.17) is 0 Å². The fourth-order valence-electron chi connectivity index (χ4n) is 2.85. The number of unbranched alkanes of at least 4 members (excludes halogenated alkanes) is 15. The largest absolute Gasteiger partial charge is 0.157 e. The van der Waals surface area contributed by atoms with Crippen molar-refractivity contribution in [3.05, 3.63) is 5.75 Å². The van der Waals surface area contributed by atoms with Crippen LogP contribution in [0.3, 0.4) is 0 Å². The number of rotatable bonds is 19. The first-order chi connectivity index (χ1) is 10.9. The van der Waals surface area contributed by atoms with Crippen molar-refractivity contribution in [1.29, 1.82) is 0 Å². The van der Waals surface area contributed by atoms with Gasteiger partial charge in [0.2, 0.25) is 0 Å². The van der Waals surface area contributed by atoms with Crippen LogP contribution in [0.15, 0.2) is 0 Å². The Balaban J connectivity index is 2.91. The summed E-state index contributed by atoms with van der Waals surface area (Å²) in [5.41, 5.74) is 0. The molecular formula is C21H43S. The Morgan fingerprint density at radius 1 is 0.500 bits per heavy atom. The quantitative estimate of drug-likeness (QED) is 0.214. The minimum atomic E-state index is 1.33. The predicted molar refractivity (Wildman–Crippen MR) is 107 cm³/mol. The zero-order valence-electron chi connectivity index (χ0n) is 15.7. The Morgan fingerprint density at radius 2 is 0.909 bits per heavy atom. The topological polar surface area (TPSA) is 0 Å². The molecule has 0 spiro atoms. The lowest BCUT2D eigenvalue weighted by molar-refractivity contribution is 0.576. The van der Waals surface area contributed by atoms with Gasteiger partial charge in [-0.2, -0.15) is 11.8 Å². The third-order valence-corrected chi connectivity index (χ3v) is 5.40. The lowest BCUT2D eigenvalue weighted by Gasteiger charge is -2.03. The van der Waals surface area contributed by atoms with Crippen LogP contribution in [0.25, 0.3) is 0 Å². The summed E-state index contributed by atoms with van der Waals surface area (Å²) < 4.78 is 0. The second-order valence-electron chi connectivity index (χ2n) is 6.78. The Kier molecular flexibility index (Phi) is 21.7. The van der Waals surface area contributed by atoms with E-state index in [2.05, 4.69) is 31.4 Å². The normalized spacial score (nSPS) is 11.2. The monoisotopic (exact) mass is 327 g/mol. The van der Waals surface area contributed by atoms with Crippen molar-refractivity contribution < 1.29 is 0 Å². The SMILES string of the molecule is CCCCCCCCCC[CH]SCCCCCCCCCC.